The van der Waals surface area contributed by atoms with Crippen LogP contribution in [0.5, 0.6) is 0 Å². The summed E-state index contributed by atoms with van der Waals surface area (Å²) in [7, 11) is 0. The molecule has 0 saturated carbocycles. The van der Waals surface area contributed by atoms with Gasteiger partial charge in [0.05, 0.1) is 22.8 Å². The first-order valence-corrected chi connectivity index (χ1v) is 46.1. The zero-order valence-corrected chi connectivity index (χ0v) is 73.3. The Morgan fingerprint density at radius 3 is 0.602 bits per heavy atom. The van der Waals surface area contributed by atoms with Crippen molar-refractivity contribution in [2.24, 2.45) is 9.98 Å². The van der Waals surface area contributed by atoms with E-state index in [-0.39, 0.29) is 16.5 Å². The van der Waals surface area contributed by atoms with Crippen LogP contribution >= 0.6 is 0 Å². The third-order valence-corrected chi connectivity index (χ3v) is 20.7. The topological polar surface area (TPSA) is 24.7 Å². The molecule has 2 aromatic carbocycles. The maximum atomic E-state index is 6.35. The molecular weight excluding hydrogens is 1350 g/mol. The molecule has 0 atom stereocenters. The van der Waals surface area contributed by atoms with Gasteiger partial charge in [0.2, 0.25) is 0 Å². The average Bonchev–Trinajstić information content (AvgIpc) is 0.790. The van der Waals surface area contributed by atoms with Crippen molar-refractivity contribution >= 4 is 22.8 Å². The van der Waals surface area contributed by atoms with E-state index < -0.39 is 0 Å². The Morgan fingerprint density at radius 2 is 0.370 bits per heavy atom. The predicted octanol–water partition coefficient (Wildman–Crippen LogP) is 31.3. The molecule has 0 aliphatic carbocycles. The molecule has 0 fully saturated rings. The van der Waals surface area contributed by atoms with Crippen LogP contribution in [0, 0.1) is 94.7 Å². The molecule has 3 heteroatoms. The molecule has 2 rings (SSSR count). The van der Waals surface area contributed by atoms with Crippen molar-refractivity contribution in [3.8, 4) is 94.7 Å². The molecule has 0 heterocycles. The second kappa shape index (κ2) is 77.1. The minimum atomic E-state index is 0. The van der Waals surface area contributed by atoms with Crippen molar-refractivity contribution in [1.29, 1.82) is 0 Å². The van der Waals surface area contributed by atoms with Crippen LogP contribution in [-0.2, 0) is 67.9 Å². The molecule has 2 nitrogen and oxygen atoms in total. The van der Waals surface area contributed by atoms with E-state index in [2.05, 4.69) is 176 Å². The van der Waals surface area contributed by atoms with Gasteiger partial charge in [-0.3, -0.25) is 9.98 Å². The Hall–Kier alpha value is -5.25. The third kappa shape index (κ3) is 52.8. The molecule has 600 valence electrons. The summed E-state index contributed by atoms with van der Waals surface area (Å²) in [5.41, 5.74) is 17.0. The van der Waals surface area contributed by atoms with Gasteiger partial charge in [-0.2, -0.15) is 0 Å². The summed E-state index contributed by atoms with van der Waals surface area (Å²) in [6.45, 7) is 23.1. The average molecular weight is 1510 g/mol. The predicted molar refractivity (Wildman–Crippen MR) is 479 cm³/mol. The Morgan fingerprint density at radius 1 is 0.194 bits per heavy atom. The second-order valence-electron chi connectivity index (χ2n) is 30.7. The minimum Gasteiger partial charge on any atom is -0.251 e. The van der Waals surface area contributed by atoms with E-state index in [0.29, 0.717) is 0 Å². The van der Waals surface area contributed by atoms with Crippen LogP contribution in [-0.4, -0.2) is 11.4 Å². The number of aliphatic imine (C=N–C) groups is 2. The van der Waals surface area contributed by atoms with Gasteiger partial charge in [-0.15, -0.1) is 94.7 Å². The summed E-state index contributed by atoms with van der Waals surface area (Å²) in [6.07, 6.45) is 71.3. The number of hydrogen-bond donors (Lipinski definition) is 0. The van der Waals surface area contributed by atoms with Crippen LogP contribution in [0.25, 0.3) is 0 Å². The summed E-state index contributed by atoms with van der Waals surface area (Å²) in [5, 5.41) is 0. The third-order valence-electron chi connectivity index (χ3n) is 20.7. The molecule has 0 aliphatic heterocycles. The van der Waals surface area contributed by atoms with Crippen LogP contribution < -0.4 is 0 Å². The van der Waals surface area contributed by atoms with Crippen LogP contribution in [0.3, 0.4) is 0 Å². The van der Waals surface area contributed by atoms with E-state index in [1.807, 2.05) is 0 Å². The van der Waals surface area contributed by atoms with E-state index in [0.717, 1.165) is 238 Å². The van der Waals surface area contributed by atoms with E-state index in [1.54, 1.807) is 22.3 Å². The molecule has 0 amide bonds. The van der Waals surface area contributed by atoms with Gasteiger partial charge >= 0.3 is 16.5 Å². The summed E-state index contributed by atoms with van der Waals surface area (Å²) < 4.78 is 0. The molecule has 0 aliphatic rings. The van der Waals surface area contributed by atoms with Gasteiger partial charge < -0.3 is 0 Å². The van der Waals surface area contributed by atoms with Gasteiger partial charge in [-0.05, 0) is 236 Å². The standard InChI is InChI=1S/C105H162N2.Ni/c1-11-21-31-40-48-56-64-73-82-94-92-104(100(88-79-70-62-54-46-37-27-17-7)98(86-77-68-60-52-44-35-25-15-5)96(94)84-75-66-58-50-42-33-23-13-3)106-102(90-72-30-20-10)103(91-81-39-29-19-9)107-105-93-95(83-74-65-57-49-41-32-22-12-2)97(85-76-67-59-51-43-34-24-14-4)99(87-78-69-61-53-45-36-26-16-6)101(105)89-80-71-63-55-47-38-28-18-8;/h92-93H,11-47,64-91H2,1-10H3;/q;+2. The molecule has 108 heavy (non-hydrogen) atoms. The quantitative estimate of drug-likeness (QED) is 0.0273. The fourth-order valence-electron chi connectivity index (χ4n) is 14.2. The number of hydrogen-bond acceptors (Lipinski definition) is 2. The summed E-state index contributed by atoms with van der Waals surface area (Å²) in [5.74, 6) is 58.2. The van der Waals surface area contributed by atoms with E-state index >= 15 is 0 Å². The zero-order chi connectivity index (χ0) is 77.0. The van der Waals surface area contributed by atoms with Gasteiger partial charge in [-0.1, -0.05) is 204 Å². The minimum absolute atomic E-state index is 0. The molecule has 0 bridgehead atoms. The fraction of sp³-hybridized carbons (Fsp3) is 0.714. The van der Waals surface area contributed by atoms with Gasteiger partial charge in [0.15, 0.2) is 0 Å². The molecule has 2 aromatic rings. The van der Waals surface area contributed by atoms with Crippen molar-refractivity contribution in [2.75, 3.05) is 0 Å². The molecule has 0 spiro atoms. The van der Waals surface area contributed by atoms with E-state index in [4.69, 9.17) is 9.98 Å². The maximum Gasteiger partial charge on any atom is 2.00 e. The van der Waals surface area contributed by atoms with Crippen molar-refractivity contribution in [2.45, 2.75) is 487 Å². The first kappa shape index (κ1) is 101. The molecular formula is C105H162N2Ni+2. The second-order valence-corrected chi connectivity index (χ2v) is 30.7. The Balaban J connectivity index is 0.0000583. The SMILES string of the molecule is CCCCCC#CCCCc1cc(N=C(CCCCC)C(CCCCCC)=Nc2cc(CCCC#CCCCCC)c(CCCC#CCCCCC)c(CCCC#CCCCCC)c2CCCC#CCCCCC)c(CCCC#CCCCCC)c(CCCC#CCCCCC)c1CCCC#CCCCCC.[Ni+2]. The Bertz CT molecular complexity index is 3180. The normalized spacial score (nSPS) is 10.9. The number of unbranched alkanes of at least 4 members (excludes halogenated alkanes) is 37. The van der Waals surface area contributed by atoms with Crippen LogP contribution in [0.4, 0.5) is 11.4 Å². The number of rotatable bonds is 60. The molecule has 0 unspecified atom stereocenters. The fourth-order valence-corrected chi connectivity index (χ4v) is 14.2. The summed E-state index contributed by atoms with van der Waals surface area (Å²) in [4.78, 5) is 12.7. The maximum absolute atomic E-state index is 6.35. The number of aryl methyl sites for hydroxylation is 2. The van der Waals surface area contributed by atoms with Crippen LogP contribution in [0.2, 0.25) is 0 Å². The van der Waals surface area contributed by atoms with Crippen molar-refractivity contribution in [1.82, 2.24) is 0 Å². The first-order chi connectivity index (χ1) is 52.9. The van der Waals surface area contributed by atoms with Gasteiger partial charge in [0.1, 0.15) is 0 Å². The van der Waals surface area contributed by atoms with Crippen molar-refractivity contribution in [3.63, 3.8) is 0 Å². The Kier molecular flexibility index (Phi) is 71.9. The molecule has 0 radical (unpaired) electrons. The first-order valence-electron chi connectivity index (χ1n) is 46.1. The number of nitrogens with zero attached hydrogens (tertiary/aromatic N) is 2. The number of benzene rings is 2. The van der Waals surface area contributed by atoms with E-state index in [9.17, 15) is 0 Å². The van der Waals surface area contributed by atoms with Crippen molar-refractivity contribution in [3.05, 3.63) is 56.6 Å². The van der Waals surface area contributed by atoms with Gasteiger partial charge in [-0.25, -0.2) is 0 Å². The van der Waals surface area contributed by atoms with Crippen LogP contribution in [0.15, 0.2) is 22.1 Å². The molecule has 0 saturated heterocycles. The van der Waals surface area contributed by atoms with Crippen molar-refractivity contribution < 1.29 is 16.5 Å². The van der Waals surface area contributed by atoms with Gasteiger partial charge in [0, 0.05) is 103 Å². The smallest absolute Gasteiger partial charge is 0.251 e. The molecule has 0 N–H and O–H groups in total. The zero-order valence-electron chi connectivity index (χ0n) is 72.3. The van der Waals surface area contributed by atoms with E-state index in [1.165, 1.54) is 225 Å². The summed E-state index contributed by atoms with van der Waals surface area (Å²) >= 11 is 0. The van der Waals surface area contributed by atoms with Crippen LogP contribution in [0.1, 0.15) is 480 Å². The monoisotopic (exact) mass is 1510 g/mol. The molecule has 0 aromatic heterocycles. The largest absolute Gasteiger partial charge is 2.00 e. The summed E-state index contributed by atoms with van der Waals surface area (Å²) in [6, 6.07) is 5.24. The Labute approximate surface area is 682 Å². The van der Waals surface area contributed by atoms with Gasteiger partial charge in [0.25, 0.3) is 0 Å².